The van der Waals surface area contributed by atoms with Gasteiger partial charge in [-0.05, 0) is 56.0 Å². The Bertz CT molecular complexity index is 1400. The highest BCUT2D eigenvalue weighted by molar-refractivity contribution is 7.92. The number of halogens is 1. The van der Waals surface area contributed by atoms with E-state index in [2.05, 4.69) is 4.98 Å². The Balaban J connectivity index is 1.90. The molecule has 0 aliphatic heterocycles. The summed E-state index contributed by atoms with van der Waals surface area (Å²) in [5, 5.41) is 0.297. The Morgan fingerprint density at radius 3 is 2.57 bits per heavy atom. The molecule has 1 heterocycles. The molecule has 1 atom stereocenters. The first-order valence-corrected chi connectivity index (χ1v) is 13.0. The molecule has 2 aromatic carbocycles. The van der Waals surface area contributed by atoms with Crippen LogP contribution in [0.25, 0.3) is 22.0 Å². The second kappa shape index (κ2) is 10.7. The SMILES string of the molecule is CCOC(=O)[C@@](C)(CCn1cnc2cc(-c3ccc(CCOC)cc3F)ccc2c1=O)S(C)(=O)=O. The third-order valence-electron chi connectivity index (χ3n) is 6.12. The third kappa shape index (κ3) is 5.59. The van der Waals surface area contributed by atoms with Crippen molar-refractivity contribution in [3.63, 3.8) is 0 Å². The number of carbonyl (C=O) groups excluding carboxylic acids is 1. The van der Waals surface area contributed by atoms with Gasteiger partial charge in [0.25, 0.3) is 5.56 Å². The van der Waals surface area contributed by atoms with Crippen LogP contribution in [-0.2, 0) is 37.1 Å². The third-order valence-corrected chi connectivity index (χ3v) is 8.13. The Labute approximate surface area is 203 Å². The number of sulfone groups is 1. The van der Waals surface area contributed by atoms with E-state index in [1.54, 1.807) is 38.3 Å². The van der Waals surface area contributed by atoms with Crippen molar-refractivity contribution < 1.29 is 27.1 Å². The maximum absolute atomic E-state index is 14.7. The van der Waals surface area contributed by atoms with Gasteiger partial charge in [-0.25, -0.2) is 17.8 Å². The molecule has 0 saturated carbocycles. The summed E-state index contributed by atoms with van der Waals surface area (Å²) in [6.07, 6.45) is 2.71. The fourth-order valence-corrected chi connectivity index (χ4v) is 4.53. The molecular weight excluding hydrogens is 475 g/mol. The van der Waals surface area contributed by atoms with Gasteiger partial charge in [0.1, 0.15) is 5.82 Å². The fourth-order valence-electron chi connectivity index (χ4n) is 3.71. The Morgan fingerprint density at radius 1 is 1.20 bits per heavy atom. The van der Waals surface area contributed by atoms with Gasteiger partial charge in [-0.15, -0.1) is 0 Å². The topological polar surface area (TPSA) is 105 Å². The van der Waals surface area contributed by atoms with Gasteiger partial charge in [0, 0.05) is 25.5 Å². The van der Waals surface area contributed by atoms with Gasteiger partial charge in [-0.3, -0.25) is 14.2 Å². The lowest BCUT2D eigenvalue weighted by atomic mass is 10.0. The summed E-state index contributed by atoms with van der Waals surface area (Å²) in [4.78, 5) is 29.7. The van der Waals surface area contributed by atoms with E-state index in [4.69, 9.17) is 9.47 Å². The van der Waals surface area contributed by atoms with Crippen LogP contribution in [0.3, 0.4) is 0 Å². The minimum atomic E-state index is -3.81. The molecule has 0 N–H and O–H groups in total. The van der Waals surface area contributed by atoms with E-state index >= 15 is 0 Å². The largest absolute Gasteiger partial charge is 0.465 e. The predicted molar refractivity (Wildman–Crippen MR) is 131 cm³/mol. The van der Waals surface area contributed by atoms with E-state index in [-0.39, 0.29) is 25.4 Å². The van der Waals surface area contributed by atoms with Crippen LogP contribution in [0.15, 0.2) is 47.5 Å². The summed E-state index contributed by atoms with van der Waals surface area (Å²) < 4.78 is 48.8. The lowest BCUT2D eigenvalue weighted by Gasteiger charge is -2.25. The van der Waals surface area contributed by atoms with Crippen molar-refractivity contribution in [2.45, 2.75) is 38.0 Å². The van der Waals surface area contributed by atoms with E-state index in [1.807, 2.05) is 6.07 Å². The van der Waals surface area contributed by atoms with Crippen LogP contribution >= 0.6 is 0 Å². The van der Waals surface area contributed by atoms with Gasteiger partial charge in [0.2, 0.25) is 0 Å². The number of ether oxygens (including phenoxy) is 2. The highest BCUT2D eigenvalue weighted by Crippen LogP contribution is 2.27. The predicted octanol–water partition coefficient (Wildman–Crippen LogP) is 3.15. The van der Waals surface area contributed by atoms with Crippen molar-refractivity contribution in [3.05, 3.63) is 64.5 Å². The number of aromatic nitrogens is 2. The molecule has 1 aromatic heterocycles. The van der Waals surface area contributed by atoms with Crippen molar-refractivity contribution in [2.24, 2.45) is 0 Å². The van der Waals surface area contributed by atoms with E-state index in [0.717, 1.165) is 11.8 Å². The zero-order valence-corrected chi connectivity index (χ0v) is 21.0. The quantitative estimate of drug-likeness (QED) is 0.391. The minimum absolute atomic E-state index is 0.0419. The Kier molecular flexibility index (Phi) is 8.07. The Morgan fingerprint density at radius 2 is 1.94 bits per heavy atom. The molecule has 3 rings (SSSR count). The average molecular weight is 505 g/mol. The molecule has 188 valence electrons. The van der Waals surface area contributed by atoms with Crippen LogP contribution in [0.1, 0.15) is 25.8 Å². The molecule has 35 heavy (non-hydrogen) atoms. The number of esters is 1. The molecule has 0 aliphatic carbocycles. The summed E-state index contributed by atoms with van der Waals surface area (Å²) in [6, 6.07) is 9.82. The molecule has 0 spiro atoms. The van der Waals surface area contributed by atoms with Gasteiger partial charge in [-0.2, -0.15) is 0 Å². The lowest BCUT2D eigenvalue weighted by Crippen LogP contribution is -2.45. The average Bonchev–Trinajstić information content (AvgIpc) is 2.81. The summed E-state index contributed by atoms with van der Waals surface area (Å²) in [5.41, 5.74) is 1.76. The molecular formula is C25H29FN2O6S. The van der Waals surface area contributed by atoms with Crippen LogP contribution in [-0.4, -0.2) is 55.3 Å². The normalized spacial score (nSPS) is 13.5. The van der Waals surface area contributed by atoms with Crippen molar-refractivity contribution >= 4 is 26.7 Å². The first-order chi connectivity index (χ1) is 16.5. The smallest absolute Gasteiger partial charge is 0.327 e. The van der Waals surface area contributed by atoms with Crippen LogP contribution in [0.2, 0.25) is 0 Å². The number of fused-ring (bicyclic) bond motifs is 1. The van der Waals surface area contributed by atoms with E-state index < -0.39 is 26.1 Å². The zero-order valence-electron chi connectivity index (χ0n) is 20.2. The lowest BCUT2D eigenvalue weighted by molar-refractivity contribution is -0.146. The number of benzene rings is 2. The first-order valence-electron chi connectivity index (χ1n) is 11.2. The van der Waals surface area contributed by atoms with Gasteiger partial charge >= 0.3 is 5.97 Å². The summed E-state index contributed by atoms with van der Waals surface area (Å²) >= 11 is 0. The molecule has 8 nitrogen and oxygen atoms in total. The number of nitrogens with zero attached hydrogens (tertiary/aromatic N) is 2. The summed E-state index contributed by atoms with van der Waals surface area (Å²) in [6.45, 7) is 3.37. The summed E-state index contributed by atoms with van der Waals surface area (Å²) in [5.74, 6) is -1.24. The molecule has 0 aliphatic rings. The second-order valence-corrected chi connectivity index (χ2v) is 11.0. The zero-order chi connectivity index (χ0) is 25.8. The highest BCUT2D eigenvalue weighted by atomic mass is 32.2. The van der Waals surface area contributed by atoms with E-state index in [9.17, 15) is 22.4 Å². The van der Waals surface area contributed by atoms with Gasteiger partial charge in [0.15, 0.2) is 14.6 Å². The maximum atomic E-state index is 14.7. The van der Waals surface area contributed by atoms with Gasteiger partial charge in [0.05, 0.1) is 30.4 Å². The van der Waals surface area contributed by atoms with Crippen molar-refractivity contribution in [3.8, 4) is 11.1 Å². The van der Waals surface area contributed by atoms with Crippen molar-refractivity contribution in [1.82, 2.24) is 9.55 Å². The van der Waals surface area contributed by atoms with E-state index in [1.165, 1.54) is 23.9 Å². The monoisotopic (exact) mass is 504 g/mol. The second-order valence-electron chi connectivity index (χ2n) is 8.51. The number of aryl methyl sites for hydroxylation is 1. The minimum Gasteiger partial charge on any atom is -0.465 e. The number of hydrogen-bond donors (Lipinski definition) is 0. The standard InChI is InChI=1S/C25H29FN2O6S/c1-5-34-24(30)25(2,35(4,31)32)11-12-28-16-27-22-15-18(7-9-20(22)23(28)29)19-8-6-17(10-13-33-3)14-21(19)26/h6-9,14-16H,5,10-13H2,1-4H3/t25-/m1/s1. The number of hydrogen-bond acceptors (Lipinski definition) is 7. The van der Waals surface area contributed by atoms with Crippen molar-refractivity contribution in [1.29, 1.82) is 0 Å². The van der Waals surface area contributed by atoms with Gasteiger partial charge in [-0.1, -0.05) is 18.2 Å². The molecule has 0 unspecified atom stereocenters. The fraction of sp³-hybridized carbons (Fsp3) is 0.400. The number of carbonyl (C=O) groups is 1. The van der Waals surface area contributed by atoms with Crippen LogP contribution in [0.5, 0.6) is 0 Å². The summed E-state index contributed by atoms with van der Waals surface area (Å²) in [7, 11) is -2.22. The van der Waals surface area contributed by atoms with Crippen LogP contribution in [0, 0.1) is 5.82 Å². The van der Waals surface area contributed by atoms with E-state index in [0.29, 0.717) is 35.1 Å². The molecule has 10 heteroatoms. The maximum Gasteiger partial charge on any atom is 0.327 e. The molecule has 0 radical (unpaired) electrons. The molecule has 0 amide bonds. The van der Waals surface area contributed by atoms with Gasteiger partial charge < -0.3 is 9.47 Å². The Hall–Kier alpha value is -3.11. The molecule has 0 bridgehead atoms. The van der Waals surface area contributed by atoms with Crippen LogP contribution in [0.4, 0.5) is 4.39 Å². The molecule has 0 fully saturated rings. The number of rotatable bonds is 10. The van der Waals surface area contributed by atoms with Crippen LogP contribution < -0.4 is 5.56 Å². The number of methoxy groups -OCH3 is 1. The molecule has 0 saturated heterocycles. The first kappa shape index (κ1) is 26.5. The van der Waals surface area contributed by atoms with Crippen molar-refractivity contribution in [2.75, 3.05) is 26.6 Å². The highest BCUT2D eigenvalue weighted by Gasteiger charge is 2.44. The molecule has 3 aromatic rings.